The summed E-state index contributed by atoms with van der Waals surface area (Å²) >= 11 is 0. The number of carbonyl (C=O) groups excluding carboxylic acids is 1. The van der Waals surface area contributed by atoms with Crippen LogP contribution in [0.2, 0.25) is 0 Å². The van der Waals surface area contributed by atoms with Crippen molar-refractivity contribution >= 4 is 5.91 Å². The van der Waals surface area contributed by atoms with Crippen molar-refractivity contribution in [3.63, 3.8) is 0 Å². The van der Waals surface area contributed by atoms with Crippen LogP contribution in [-0.2, 0) is 4.79 Å². The molecule has 0 bridgehead atoms. The van der Waals surface area contributed by atoms with Gasteiger partial charge in [-0.15, -0.1) is 0 Å². The summed E-state index contributed by atoms with van der Waals surface area (Å²) in [6.07, 6.45) is 50.9. The molecule has 0 aliphatic heterocycles. The number of unbranched alkanes of at least 4 members (excludes halogenated alkanes) is 11. The van der Waals surface area contributed by atoms with E-state index in [1.165, 1.54) is 44.9 Å². The molecule has 0 aromatic rings. The smallest absolute Gasteiger partial charge is 0.220 e. The zero-order valence-corrected chi connectivity index (χ0v) is 28.4. The molecule has 0 saturated heterocycles. The Labute approximate surface area is 271 Å². The Bertz CT molecular complexity index is 834. The van der Waals surface area contributed by atoms with Crippen molar-refractivity contribution < 1.29 is 15.0 Å². The second-order valence-corrected chi connectivity index (χ2v) is 11.5. The molecule has 1 amide bonds. The highest BCUT2D eigenvalue weighted by Gasteiger charge is 2.17. The molecule has 0 spiro atoms. The third-order valence-electron chi connectivity index (χ3n) is 7.36. The van der Waals surface area contributed by atoms with Crippen LogP contribution in [0.15, 0.2) is 85.1 Å². The van der Waals surface area contributed by atoms with Crippen LogP contribution >= 0.6 is 0 Å². The lowest BCUT2D eigenvalue weighted by Gasteiger charge is -2.19. The minimum atomic E-state index is -0.873. The van der Waals surface area contributed by atoms with Gasteiger partial charge in [0.1, 0.15) is 0 Å². The van der Waals surface area contributed by atoms with E-state index in [-0.39, 0.29) is 12.5 Å². The molecule has 0 aromatic heterocycles. The number of nitrogens with one attached hydrogen (secondary N) is 1. The molecule has 0 saturated carbocycles. The fraction of sp³-hybridized carbons (Fsp3) is 0.625. The predicted octanol–water partition coefficient (Wildman–Crippen LogP) is 10.6. The van der Waals surface area contributed by atoms with Gasteiger partial charge in [-0.3, -0.25) is 4.79 Å². The second-order valence-electron chi connectivity index (χ2n) is 11.5. The van der Waals surface area contributed by atoms with Crippen LogP contribution in [-0.4, -0.2) is 34.9 Å². The largest absolute Gasteiger partial charge is 0.394 e. The van der Waals surface area contributed by atoms with Gasteiger partial charge in [0.15, 0.2) is 0 Å². The first-order valence-electron chi connectivity index (χ1n) is 17.8. The fourth-order valence-electron chi connectivity index (χ4n) is 4.63. The van der Waals surface area contributed by atoms with E-state index in [0.717, 1.165) is 77.0 Å². The zero-order valence-electron chi connectivity index (χ0n) is 28.4. The highest BCUT2D eigenvalue weighted by molar-refractivity contribution is 5.76. The summed E-state index contributed by atoms with van der Waals surface area (Å²) in [6, 6.07) is -0.652. The van der Waals surface area contributed by atoms with E-state index in [1.54, 1.807) is 6.08 Å². The van der Waals surface area contributed by atoms with Crippen molar-refractivity contribution in [3.05, 3.63) is 85.1 Å². The quantitative estimate of drug-likeness (QED) is 0.0560. The van der Waals surface area contributed by atoms with Crippen molar-refractivity contribution in [3.8, 4) is 0 Å². The third kappa shape index (κ3) is 31.0. The molecule has 0 radical (unpaired) electrons. The van der Waals surface area contributed by atoms with Crippen LogP contribution in [0, 0.1) is 0 Å². The Morgan fingerprint density at radius 2 is 1.02 bits per heavy atom. The number of aliphatic hydroxyl groups is 2. The van der Waals surface area contributed by atoms with Crippen molar-refractivity contribution in [1.82, 2.24) is 5.32 Å². The number of hydrogen-bond acceptors (Lipinski definition) is 3. The molecule has 0 rings (SSSR count). The molecular formula is C40H67NO3. The van der Waals surface area contributed by atoms with Gasteiger partial charge < -0.3 is 15.5 Å². The number of amides is 1. The van der Waals surface area contributed by atoms with E-state index >= 15 is 0 Å². The molecule has 250 valence electrons. The zero-order chi connectivity index (χ0) is 32.2. The molecule has 0 aliphatic carbocycles. The highest BCUT2D eigenvalue weighted by Crippen LogP contribution is 2.09. The van der Waals surface area contributed by atoms with Crippen molar-refractivity contribution in [2.45, 2.75) is 154 Å². The first-order chi connectivity index (χ1) is 21.7. The topological polar surface area (TPSA) is 69.6 Å². The van der Waals surface area contributed by atoms with Crippen molar-refractivity contribution in [1.29, 1.82) is 0 Å². The first-order valence-corrected chi connectivity index (χ1v) is 17.8. The summed E-state index contributed by atoms with van der Waals surface area (Å²) in [5.41, 5.74) is 0. The van der Waals surface area contributed by atoms with Gasteiger partial charge in [-0.2, -0.15) is 0 Å². The average molecular weight is 610 g/mol. The SMILES string of the molecule is CC/C=C\C/C=C\C/C=C\C/C=C\C/C=C\CCCCCCCC(=O)NC(CO)C(O)/C=C/CC/C=C/CCCCCCC. The van der Waals surface area contributed by atoms with E-state index < -0.39 is 12.1 Å². The first kappa shape index (κ1) is 41.6. The number of hydrogen-bond donors (Lipinski definition) is 3. The number of carbonyl (C=O) groups is 1. The van der Waals surface area contributed by atoms with Crippen LogP contribution in [0.1, 0.15) is 142 Å². The van der Waals surface area contributed by atoms with Gasteiger partial charge in [-0.25, -0.2) is 0 Å². The molecule has 44 heavy (non-hydrogen) atoms. The maximum Gasteiger partial charge on any atom is 0.220 e. The Morgan fingerprint density at radius 1 is 0.568 bits per heavy atom. The van der Waals surface area contributed by atoms with Crippen LogP contribution in [0.4, 0.5) is 0 Å². The maximum absolute atomic E-state index is 12.3. The van der Waals surface area contributed by atoms with E-state index in [9.17, 15) is 15.0 Å². The molecule has 4 heteroatoms. The lowest BCUT2D eigenvalue weighted by atomic mass is 10.1. The minimum absolute atomic E-state index is 0.0999. The lowest BCUT2D eigenvalue weighted by molar-refractivity contribution is -0.123. The maximum atomic E-state index is 12.3. The third-order valence-corrected chi connectivity index (χ3v) is 7.36. The van der Waals surface area contributed by atoms with E-state index in [2.05, 4.69) is 92.1 Å². The van der Waals surface area contributed by atoms with Crippen LogP contribution < -0.4 is 5.32 Å². The van der Waals surface area contributed by atoms with Gasteiger partial charge in [-0.05, 0) is 77.0 Å². The molecule has 0 aromatic carbocycles. The predicted molar refractivity (Wildman–Crippen MR) is 193 cm³/mol. The normalized spacial score (nSPS) is 14.2. The average Bonchev–Trinajstić information content (AvgIpc) is 3.03. The molecular weight excluding hydrogens is 542 g/mol. The number of allylic oxidation sites excluding steroid dienone is 13. The Balaban J connectivity index is 3.76. The summed E-state index contributed by atoms with van der Waals surface area (Å²) in [5.74, 6) is -0.0999. The Morgan fingerprint density at radius 3 is 1.59 bits per heavy atom. The molecule has 4 nitrogen and oxygen atoms in total. The molecule has 2 unspecified atom stereocenters. The van der Waals surface area contributed by atoms with Gasteiger partial charge >= 0.3 is 0 Å². The van der Waals surface area contributed by atoms with Gasteiger partial charge in [-0.1, -0.05) is 144 Å². The highest BCUT2D eigenvalue weighted by atomic mass is 16.3. The number of rotatable bonds is 30. The van der Waals surface area contributed by atoms with Gasteiger partial charge in [0.25, 0.3) is 0 Å². The van der Waals surface area contributed by atoms with E-state index in [0.29, 0.717) is 6.42 Å². The molecule has 2 atom stereocenters. The Kier molecular flexibility index (Phi) is 33.1. The number of aliphatic hydroxyl groups excluding tert-OH is 2. The minimum Gasteiger partial charge on any atom is -0.394 e. The van der Waals surface area contributed by atoms with Crippen LogP contribution in [0.3, 0.4) is 0 Å². The molecule has 0 heterocycles. The second kappa shape index (κ2) is 35.1. The van der Waals surface area contributed by atoms with Crippen LogP contribution in [0.5, 0.6) is 0 Å². The summed E-state index contributed by atoms with van der Waals surface area (Å²) in [4.78, 5) is 12.3. The van der Waals surface area contributed by atoms with E-state index in [1.807, 2.05) is 6.08 Å². The van der Waals surface area contributed by atoms with Crippen LogP contribution in [0.25, 0.3) is 0 Å². The Hall–Kier alpha value is -2.43. The van der Waals surface area contributed by atoms with E-state index in [4.69, 9.17) is 0 Å². The molecule has 0 fully saturated rings. The summed E-state index contributed by atoms with van der Waals surface area (Å²) in [5, 5.41) is 22.8. The summed E-state index contributed by atoms with van der Waals surface area (Å²) < 4.78 is 0. The van der Waals surface area contributed by atoms with Gasteiger partial charge in [0.2, 0.25) is 5.91 Å². The fourth-order valence-corrected chi connectivity index (χ4v) is 4.63. The van der Waals surface area contributed by atoms with Gasteiger partial charge in [0.05, 0.1) is 18.8 Å². The van der Waals surface area contributed by atoms with Crippen molar-refractivity contribution in [2.75, 3.05) is 6.61 Å². The monoisotopic (exact) mass is 610 g/mol. The summed E-state index contributed by atoms with van der Waals surface area (Å²) in [7, 11) is 0. The molecule has 3 N–H and O–H groups in total. The summed E-state index contributed by atoms with van der Waals surface area (Å²) in [6.45, 7) is 4.12. The van der Waals surface area contributed by atoms with Gasteiger partial charge in [0, 0.05) is 6.42 Å². The van der Waals surface area contributed by atoms with Crippen molar-refractivity contribution in [2.24, 2.45) is 0 Å². The standard InChI is InChI=1S/C40H67NO3/c1-3-5-7-9-11-13-15-16-17-18-19-20-21-22-23-24-26-28-30-32-34-36-40(44)41-38(37-42)39(43)35-33-31-29-27-25-14-12-10-8-6-4-2/h5,7,11,13,16-17,19-20,22-23,25,27,33,35,38-39,42-43H,3-4,6,8-10,12,14-15,18,21,24,26,28-32,34,36-37H2,1-2H3,(H,41,44)/b7-5-,13-11-,17-16-,20-19-,23-22-,27-25+,35-33+. The molecule has 0 aliphatic rings. The lowest BCUT2D eigenvalue weighted by Crippen LogP contribution is -2.45.